The molecule has 1 heterocycles. The molecule has 0 saturated carbocycles. The molecule has 3 rings (SSSR count). The quantitative estimate of drug-likeness (QED) is 0.745. The number of hydrogen-bond donors (Lipinski definition) is 0. The van der Waals surface area contributed by atoms with Crippen LogP contribution in [0.4, 0.5) is 0 Å². The number of benzene rings is 2. The first-order chi connectivity index (χ1) is 12.6. The largest absolute Gasteiger partial charge is 0.486 e. The Bertz CT molecular complexity index is 849. The van der Waals surface area contributed by atoms with Gasteiger partial charge in [-0.15, -0.1) is 0 Å². The summed E-state index contributed by atoms with van der Waals surface area (Å²) in [6, 6.07) is 16.8. The average Bonchev–Trinajstić information content (AvgIpc) is 2.67. The molecule has 0 saturated heterocycles. The van der Waals surface area contributed by atoms with E-state index in [1.54, 1.807) is 6.08 Å². The zero-order valence-electron chi connectivity index (χ0n) is 14.7. The summed E-state index contributed by atoms with van der Waals surface area (Å²) < 4.78 is 38.6. The predicted molar refractivity (Wildman–Crippen MR) is 103 cm³/mol. The molecule has 0 aliphatic carbocycles. The van der Waals surface area contributed by atoms with Crippen molar-refractivity contribution in [1.82, 2.24) is 4.31 Å². The zero-order valence-corrected chi connectivity index (χ0v) is 15.6. The third-order valence-corrected chi connectivity index (χ3v) is 5.57. The number of rotatable bonds is 7. The van der Waals surface area contributed by atoms with Gasteiger partial charge in [0, 0.05) is 12.0 Å². The van der Waals surface area contributed by atoms with Gasteiger partial charge in [0.05, 0.1) is 6.54 Å². The Morgan fingerprint density at radius 3 is 2.50 bits per heavy atom. The maximum Gasteiger partial charge on any atom is 0.236 e. The minimum absolute atomic E-state index is 0.254. The van der Waals surface area contributed by atoms with Gasteiger partial charge in [-0.1, -0.05) is 49.4 Å². The summed E-state index contributed by atoms with van der Waals surface area (Å²) >= 11 is 0. The van der Waals surface area contributed by atoms with E-state index in [2.05, 4.69) is 0 Å². The molecular formula is C20H23NO4S. The predicted octanol–water partition coefficient (Wildman–Crippen LogP) is 3.54. The molecule has 0 aromatic heterocycles. The van der Waals surface area contributed by atoms with Crippen molar-refractivity contribution in [3.05, 3.63) is 65.6 Å². The molecular weight excluding hydrogens is 350 g/mol. The van der Waals surface area contributed by atoms with Crippen LogP contribution in [0.3, 0.4) is 0 Å². The second-order valence-electron chi connectivity index (χ2n) is 6.11. The van der Waals surface area contributed by atoms with Gasteiger partial charge in [-0.25, -0.2) is 8.42 Å². The van der Waals surface area contributed by atoms with Gasteiger partial charge in [-0.2, -0.15) is 4.31 Å². The van der Waals surface area contributed by atoms with Crippen LogP contribution in [0.15, 0.2) is 60.0 Å². The van der Waals surface area contributed by atoms with Gasteiger partial charge in [0.25, 0.3) is 0 Å². The first kappa shape index (κ1) is 18.5. The van der Waals surface area contributed by atoms with E-state index in [1.807, 2.05) is 61.5 Å². The molecule has 0 fully saturated rings. The molecule has 1 aliphatic rings. The fourth-order valence-corrected chi connectivity index (χ4v) is 4.08. The van der Waals surface area contributed by atoms with Crippen LogP contribution in [0.5, 0.6) is 11.5 Å². The Morgan fingerprint density at radius 1 is 1.08 bits per heavy atom. The van der Waals surface area contributed by atoms with Crippen LogP contribution in [0.25, 0.3) is 6.08 Å². The van der Waals surface area contributed by atoms with Crippen LogP contribution in [0.1, 0.15) is 18.9 Å². The molecule has 0 N–H and O–H groups in total. The summed E-state index contributed by atoms with van der Waals surface area (Å²) in [5, 5.41) is 1.26. The number of para-hydroxylation sites is 2. The molecule has 0 bridgehead atoms. The molecule has 26 heavy (non-hydrogen) atoms. The minimum atomic E-state index is -3.54. The standard InChI is InChI=1S/C20H23NO4S/c1-2-13-21(26(22,23)14-12-17-8-4-3-5-9-17)15-18-16-24-19-10-6-7-11-20(19)25-18/h3-12,14,18H,2,13,15-16H2,1H3/b14-12+. The monoisotopic (exact) mass is 373 g/mol. The number of fused-ring (bicyclic) bond motifs is 1. The molecule has 6 heteroatoms. The third kappa shape index (κ3) is 4.65. The summed E-state index contributed by atoms with van der Waals surface area (Å²) in [4.78, 5) is 0. The highest BCUT2D eigenvalue weighted by Crippen LogP contribution is 2.31. The molecule has 0 spiro atoms. The lowest BCUT2D eigenvalue weighted by atomic mass is 10.2. The molecule has 1 aliphatic heterocycles. The number of ether oxygens (including phenoxy) is 2. The smallest absolute Gasteiger partial charge is 0.236 e. The van der Waals surface area contributed by atoms with Gasteiger partial charge in [0.2, 0.25) is 10.0 Å². The highest BCUT2D eigenvalue weighted by molar-refractivity contribution is 7.92. The highest BCUT2D eigenvalue weighted by Gasteiger charge is 2.27. The third-order valence-electron chi connectivity index (χ3n) is 4.04. The van der Waals surface area contributed by atoms with E-state index in [9.17, 15) is 8.42 Å². The van der Waals surface area contributed by atoms with Crippen molar-refractivity contribution in [3.8, 4) is 11.5 Å². The van der Waals surface area contributed by atoms with E-state index in [-0.39, 0.29) is 12.6 Å². The Labute approximate surface area is 154 Å². The van der Waals surface area contributed by atoms with E-state index >= 15 is 0 Å². The Kier molecular flexibility index (Phi) is 5.96. The fourth-order valence-electron chi connectivity index (χ4n) is 2.77. The molecule has 2 aromatic rings. The molecule has 0 radical (unpaired) electrons. The summed E-state index contributed by atoms with van der Waals surface area (Å²) in [6.45, 7) is 2.97. The Hall–Kier alpha value is -2.31. The van der Waals surface area contributed by atoms with Crippen LogP contribution in [-0.4, -0.2) is 38.5 Å². The van der Waals surface area contributed by atoms with Crippen LogP contribution < -0.4 is 9.47 Å². The van der Waals surface area contributed by atoms with Gasteiger partial charge >= 0.3 is 0 Å². The Balaban J connectivity index is 1.71. The SMILES string of the molecule is CCCN(CC1COc2ccccc2O1)S(=O)(=O)/C=C/c1ccccc1. The lowest BCUT2D eigenvalue weighted by Crippen LogP contribution is -2.43. The van der Waals surface area contributed by atoms with Gasteiger partial charge in [0.15, 0.2) is 11.5 Å². The summed E-state index contributed by atoms with van der Waals surface area (Å²) in [6.07, 6.45) is 2.00. The summed E-state index contributed by atoms with van der Waals surface area (Å²) in [5.74, 6) is 1.34. The van der Waals surface area contributed by atoms with E-state index in [4.69, 9.17) is 9.47 Å². The van der Waals surface area contributed by atoms with E-state index in [0.717, 1.165) is 12.0 Å². The van der Waals surface area contributed by atoms with Gasteiger partial charge in [-0.3, -0.25) is 0 Å². The van der Waals surface area contributed by atoms with Crippen molar-refractivity contribution in [2.45, 2.75) is 19.4 Å². The van der Waals surface area contributed by atoms with E-state index < -0.39 is 10.0 Å². The molecule has 138 valence electrons. The van der Waals surface area contributed by atoms with Crippen molar-refractivity contribution in [2.24, 2.45) is 0 Å². The van der Waals surface area contributed by atoms with Crippen molar-refractivity contribution < 1.29 is 17.9 Å². The van der Waals surface area contributed by atoms with Crippen LogP contribution in [0, 0.1) is 0 Å². The maximum atomic E-state index is 12.8. The number of nitrogens with zero attached hydrogens (tertiary/aromatic N) is 1. The summed E-state index contributed by atoms with van der Waals surface area (Å²) in [5.41, 5.74) is 0.846. The van der Waals surface area contributed by atoms with E-state index in [0.29, 0.717) is 24.7 Å². The second kappa shape index (κ2) is 8.38. The fraction of sp³-hybridized carbons (Fsp3) is 0.300. The van der Waals surface area contributed by atoms with Gasteiger partial charge in [-0.05, 0) is 30.2 Å². The van der Waals surface area contributed by atoms with Gasteiger partial charge in [0.1, 0.15) is 12.7 Å². The topological polar surface area (TPSA) is 55.8 Å². The minimum Gasteiger partial charge on any atom is -0.486 e. The van der Waals surface area contributed by atoms with Crippen molar-refractivity contribution in [3.63, 3.8) is 0 Å². The van der Waals surface area contributed by atoms with Gasteiger partial charge < -0.3 is 9.47 Å². The summed E-state index contributed by atoms with van der Waals surface area (Å²) in [7, 11) is -3.54. The maximum absolute atomic E-state index is 12.8. The molecule has 2 aromatic carbocycles. The zero-order chi connectivity index (χ0) is 18.4. The van der Waals surface area contributed by atoms with Crippen molar-refractivity contribution in [2.75, 3.05) is 19.7 Å². The molecule has 1 atom stereocenters. The molecule has 1 unspecified atom stereocenters. The normalized spacial score (nSPS) is 16.9. The van der Waals surface area contributed by atoms with Crippen molar-refractivity contribution in [1.29, 1.82) is 0 Å². The number of hydrogen-bond acceptors (Lipinski definition) is 4. The highest BCUT2D eigenvalue weighted by atomic mass is 32.2. The number of sulfonamides is 1. The first-order valence-electron chi connectivity index (χ1n) is 8.70. The lowest BCUT2D eigenvalue weighted by molar-refractivity contribution is 0.0766. The molecule has 5 nitrogen and oxygen atoms in total. The van der Waals surface area contributed by atoms with Crippen LogP contribution in [0.2, 0.25) is 0 Å². The van der Waals surface area contributed by atoms with Crippen molar-refractivity contribution >= 4 is 16.1 Å². The lowest BCUT2D eigenvalue weighted by Gasteiger charge is -2.30. The molecule has 0 amide bonds. The van der Waals surface area contributed by atoms with E-state index in [1.165, 1.54) is 9.71 Å². The average molecular weight is 373 g/mol. The van der Waals surface area contributed by atoms with Crippen LogP contribution >= 0.6 is 0 Å². The van der Waals surface area contributed by atoms with Crippen LogP contribution in [-0.2, 0) is 10.0 Å². The second-order valence-corrected chi connectivity index (χ2v) is 7.93. The Morgan fingerprint density at radius 2 is 1.77 bits per heavy atom. The first-order valence-corrected chi connectivity index (χ1v) is 10.2.